The number of hydrogen-bond acceptors (Lipinski definition) is 8. The number of anilines is 2. The Kier molecular flexibility index (Phi) is 8.42. The van der Waals surface area contributed by atoms with E-state index in [0.29, 0.717) is 61.9 Å². The second kappa shape index (κ2) is 12.3. The van der Waals surface area contributed by atoms with Gasteiger partial charge in [0.1, 0.15) is 17.7 Å². The normalized spacial score (nSPS) is 17.0. The minimum Gasteiger partial charge on any atom is -0.451 e. The van der Waals surface area contributed by atoms with Crippen LogP contribution in [0.4, 0.5) is 11.5 Å². The second-order valence-corrected chi connectivity index (χ2v) is 13.9. The number of piperazine rings is 1. The summed E-state index contributed by atoms with van der Waals surface area (Å²) in [4.78, 5) is 32.1. The molecule has 44 heavy (non-hydrogen) atoms. The molecule has 2 aromatic carbocycles. The van der Waals surface area contributed by atoms with Crippen LogP contribution in [0, 0.1) is 6.57 Å². The molecule has 228 valence electrons. The first kappa shape index (κ1) is 30.2. The number of carbonyl (C=O) groups excluding carboxylic acids is 1. The van der Waals surface area contributed by atoms with Crippen molar-refractivity contribution in [2.75, 3.05) is 42.5 Å². The predicted molar refractivity (Wildman–Crippen MR) is 170 cm³/mol. The number of rotatable bonds is 7. The topological polar surface area (TPSA) is 104 Å². The van der Waals surface area contributed by atoms with Gasteiger partial charge in [0.25, 0.3) is 9.05 Å². The maximum Gasteiger partial charge on any atom is 0.294 e. The molecule has 13 heteroatoms. The zero-order chi connectivity index (χ0) is 31.0. The van der Waals surface area contributed by atoms with Crippen LogP contribution < -0.4 is 9.80 Å². The van der Waals surface area contributed by atoms with Crippen LogP contribution in [-0.2, 0) is 39.7 Å². The molecular weight excluding hydrogens is 623 g/mol. The number of carbonyl (C=O) groups is 1. The molecule has 4 aromatic rings. The average Bonchev–Trinajstić information content (AvgIpc) is 3.49. The summed E-state index contributed by atoms with van der Waals surface area (Å²) < 4.78 is 29.1. The molecule has 0 N–H and O–H groups in total. The molecule has 0 saturated carbocycles. The molecule has 1 atom stereocenters. The third kappa shape index (κ3) is 5.94. The van der Waals surface area contributed by atoms with E-state index < -0.39 is 9.05 Å². The van der Waals surface area contributed by atoms with Gasteiger partial charge in [-0.25, -0.2) is 25.0 Å². The summed E-state index contributed by atoms with van der Waals surface area (Å²) >= 11 is 6.67. The first-order valence-electron chi connectivity index (χ1n) is 14.3. The molecular formula is C31H30Cl2N6O4S. The van der Waals surface area contributed by atoms with Gasteiger partial charge in [0, 0.05) is 72.4 Å². The van der Waals surface area contributed by atoms with E-state index in [1.807, 2.05) is 30.3 Å². The Labute approximate surface area is 265 Å². The number of amides is 1. The summed E-state index contributed by atoms with van der Waals surface area (Å²) in [5.41, 5.74) is 3.42. The van der Waals surface area contributed by atoms with Crippen LogP contribution in [0.5, 0.6) is 0 Å². The first-order valence-corrected chi connectivity index (χ1v) is 17.0. The van der Waals surface area contributed by atoms with Crippen LogP contribution in [-0.4, -0.2) is 68.0 Å². The van der Waals surface area contributed by atoms with Crippen LogP contribution in [0.2, 0.25) is 5.02 Å². The van der Waals surface area contributed by atoms with Crippen LogP contribution >= 0.6 is 22.3 Å². The van der Waals surface area contributed by atoms with Gasteiger partial charge in [-0.15, -0.1) is 0 Å². The number of halogens is 2. The molecule has 2 aliphatic rings. The number of hydrogen-bond donors (Lipinski definition) is 0. The highest BCUT2D eigenvalue weighted by Gasteiger charge is 2.34. The van der Waals surface area contributed by atoms with E-state index in [4.69, 9.17) is 43.2 Å². The fourth-order valence-corrected chi connectivity index (χ4v) is 7.61. The smallest absolute Gasteiger partial charge is 0.294 e. The zero-order valence-electron chi connectivity index (χ0n) is 24.0. The molecule has 2 aliphatic heterocycles. The summed E-state index contributed by atoms with van der Waals surface area (Å²) in [6.45, 7) is 12.0. The fourth-order valence-electron chi connectivity index (χ4n) is 6.27. The van der Waals surface area contributed by atoms with Crippen molar-refractivity contribution in [3.05, 3.63) is 87.8 Å². The molecule has 1 fully saturated rings. The minimum atomic E-state index is -4.03. The maximum absolute atomic E-state index is 12.3. The van der Waals surface area contributed by atoms with E-state index in [9.17, 15) is 13.2 Å². The van der Waals surface area contributed by atoms with Gasteiger partial charge < -0.3 is 24.0 Å². The number of aromatic nitrogens is 2. The Morgan fingerprint density at radius 3 is 2.64 bits per heavy atom. The number of aryl methyl sites for hydroxylation is 2. The summed E-state index contributed by atoms with van der Waals surface area (Å²) in [7, 11) is 1.55. The Hall–Kier alpha value is -3.85. The quantitative estimate of drug-likeness (QED) is 0.200. The van der Waals surface area contributed by atoms with E-state index in [1.165, 1.54) is 13.2 Å². The molecule has 2 aromatic heterocycles. The summed E-state index contributed by atoms with van der Waals surface area (Å²) in [6, 6.07) is 13.4. The highest BCUT2D eigenvalue weighted by atomic mass is 35.7. The van der Waals surface area contributed by atoms with Crippen molar-refractivity contribution in [3.63, 3.8) is 0 Å². The fraction of sp³-hybridized carbons (Fsp3) is 0.355. The van der Waals surface area contributed by atoms with E-state index in [1.54, 1.807) is 11.0 Å². The zero-order valence-corrected chi connectivity index (χ0v) is 26.4. The first-order chi connectivity index (χ1) is 21.1. The van der Waals surface area contributed by atoms with Crippen LogP contribution in [0.15, 0.2) is 58.2 Å². The maximum atomic E-state index is 12.3. The summed E-state index contributed by atoms with van der Waals surface area (Å²) in [6.07, 6.45) is 2.68. The molecule has 10 nitrogen and oxygen atoms in total. The Morgan fingerprint density at radius 2 is 1.89 bits per heavy atom. The van der Waals surface area contributed by atoms with Gasteiger partial charge in [-0.05, 0) is 36.4 Å². The Morgan fingerprint density at radius 1 is 1.09 bits per heavy atom. The average molecular weight is 654 g/mol. The summed E-state index contributed by atoms with van der Waals surface area (Å²) in [5, 5.41) is 2.47. The van der Waals surface area contributed by atoms with Crippen LogP contribution in [0.1, 0.15) is 29.6 Å². The van der Waals surface area contributed by atoms with Gasteiger partial charge in [0.05, 0.1) is 23.5 Å². The molecule has 4 heterocycles. The number of benzene rings is 2. The van der Waals surface area contributed by atoms with E-state index in [2.05, 4.69) is 20.7 Å². The molecule has 0 aliphatic carbocycles. The largest absolute Gasteiger partial charge is 0.451 e. The number of furan rings is 1. The van der Waals surface area contributed by atoms with Gasteiger partial charge in [0.15, 0.2) is 0 Å². The standard InChI is InChI=1S/C31H30Cl2N6O4S/c1-20(40)39-15-14-38(18-23(39)17-34-2)30-24-11-13-37(27-8-4-6-21-5-3-7-25(32)29(21)27)19-26(24)35-28(36-30)10-9-22-12-16-43-31(22)44(33,41)42/h3-8,12,16,23H,9-11,13-15,17-19H2,1H3/t23-/m0/s1. The lowest BCUT2D eigenvalue weighted by Gasteiger charge is -2.41. The van der Waals surface area contributed by atoms with Crippen molar-refractivity contribution in [2.45, 2.75) is 43.9 Å². The van der Waals surface area contributed by atoms with Crippen LogP contribution in [0.3, 0.4) is 0 Å². The van der Waals surface area contributed by atoms with Crippen molar-refractivity contribution in [2.24, 2.45) is 0 Å². The molecule has 6 rings (SSSR count). The number of nitrogens with zero attached hydrogens (tertiary/aromatic N) is 6. The lowest BCUT2D eigenvalue weighted by molar-refractivity contribution is -0.131. The van der Waals surface area contributed by atoms with Crippen molar-refractivity contribution in [3.8, 4) is 0 Å². The number of fused-ring (bicyclic) bond motifs is 2. The lowest BCUT2D eigenvalue weighted by Crippen LogP contribution is -2.56. The highest BCUT2D eigenvalue weighted by molar-refractivity contribution is 8.13. The molecule has 0 spiro atoms. The van der Waals surface area contributed by atoms with Crippen molar-refractivity contribution in [1.82, 2.24) is 14.9 Å². The SMILES string of the molecule is [C-]#[N+]C[C@H]1CN(c2nc(CCc3ccoc3S(=O)(=O)Cl)nc3c2CCN(c2cccc4cccc(Cl)c24)C3)CCN1C(C)=O. The predicted octanol–water partition coefficient (Wildman–Crippen LogP) is 5.11. The molecule has 0 unspecified atom stereocenters. The van der Waals surface area contributed by atoms with Crippen LogP contribution in [0.25, 0.3) is 15.6 Å². The van der Waals surface area contributed by atoms with Crippen molar-refractivity contribution < 1.29 is 17.6 Å². The summed E-state index contributed by atoms with van der Waals surface area (Å²) in [5.74, 6) is 1.32. The van der Waals surface area contributed by atoms with Crippen molar-refractivity contribution in [1.29, 1.82) is 0 Å². The molecule has 1 saturated heterocycles. The highest BCUT2D eigenvalue weighted by Crippen LogP contribution is 2.37. The Balaban J connectivity index is 1.37. The minimum absolute atomic E-state index is 0.0433. The van der Waals surface area contributed by atoms with Gasteiger partial charge in [-0.1, -0.05) is 35.9 Å². The van der Waals surface area contributed by atoms with E-state index in [-0.39, 0.29) is 23.6 Å². The van der Waals surface area contributed by atoms with E-state index in [0.717, 1.165) is 40.1 Å². The third-order valence-corrected chi connectivity index (χ3v) is 9.83. The second-order valence-electron chi connectivity index (χ2n) is 11.0. The lowest BCUT2D eigenvalue weighted by atomic mass is 10.0. The van der Waals surface area contributed by atoms with E-state index >= 15 is 0 Å². The van der Waals surface area contributed by atoms with Gasteiger partial charge in [-0.2, -0.15) is 0 Å². The van der Waals surface area contributed by atoms with Gasteiger partial charge >= 0.3 is 0 Å². The molecule has 0 radical (unpaired) electrons. The Bertz CT molecular complexity index is 1880. The monoisotopic (exact) mass is 652 g/mol. The van der Waals surface area contributed by atoms with Gasteiger partial charge in [-0.3, -0.25) is 4.79 Å². The molecule has 0 bridgehead atoms. The third-order valence-electron chi connectivity index (χ3n) is 8.30. The van der Waals surface area contributed by atoms with Crippen molar-refractivity contribution >= 4 is 59.5 Å². The van der Waals surface area contributed by atoms with Gasteiger partial charge in [0.2, 0.25) is 17.5 Å². The molecule has 1 amide bonds.